The lowest BCUT2D eigenvalue weighted by atomic mass is 10.0. The number of carbonyl (C=O) groups excluding carboxylic acids is 2. The van der Waals surface area contributed by atoms with Crippen LogP contribution in [-0.2, 0) is 9.59 Å². The van der Waals surface area contributed by atoms with Gasteiger partial charge in [0.1, 0.15) is 6.04 Å². The maximum Gasteiger partial charge on any atom is 0.242 e. The van der Waals surface area contributed by atoms with Gasteiger partial charge in [-0.1, -0.05) is 13.8 Å². The van der Waals surface area contributed by atoms with E-state index in [1.807, 2.05) is 13.8 Å². The molecule has 0 saturated heterocycles. The number of hydrogen-bond acceptors (Lipinski definition) is 3. The lowest BCUT2D eigenvalue weighted by Crippen LogP contribution is -2.51. The lowest BCUT2D eigenvalue weighted by molar-refractivity contribution is -0.129. The summed E-state index contributed by atoms with van der Waals surface area (Å²) in [5.74, 6) is -0.461. The fraction of sp³-hybridized carbons (Fsp3) is 0.778. The molecule has 14 heavy (non-hydrogen) atoms. The molecule has 82 valence electrons. The first-order chi connectivity index (χ1) is 6.40. The lowest BCUT2D eigenvalue weighted by Gasteiger charge is -2.18. The van der Waals surface area contributed by atoms with Crippen molar-refractivity contribution in [3.63, 3.8) is 0 Å². The molecule has 2 amide bonds. The van der Waals surface area contributed by atoms with Gasteiger partial charge >= 0.3 is 0 Å². The molecule has 0 radical (unpaired) electrons. The topological polar surface area (TPSA) is 84.2 Å². The molecular weight excluding hydrogens is 182 g/mol. The smallest absolute Gasteiger partial charge is 0.242 e. The van der Waals surface area contributed by atoms with Crippen molar-refractivity contribution in [3.8, 4) is 0 Å². The second kappa shape index (κ2) is 5.59. The van der Waals surface area contributed by atoms with Gasteiger partial charge in [-0.25, -0.2) is 0 Å². The fourth-order valence-electron chi connectivity index (χ4n) is 0.894. The number of hydrogen-bond donors (Lipinski definition) is 3. The number of amides is 2. The van der Waals surface area contributed by atoms with Gasteiger partial charge in [-0.3, -0.25) is 9.59 Å². The largest absolute Gasteiger partial charge is 0.357 e. The minimum Gasteiger partial charge on any atom is -0.357 e. The van der Waals surface area contributed by atoms with Crippen LogP contribution in [0.3, 0.4) is 0 Å². The van der Waals surface area contributed by atoms with Crippen LogP contribution in [-0.4, -0.2) is 30.9 Å². The van der Waals surface area contributed by atoms with Crippen molar-refractivity contribution in [2.75, 3.05) is 7.05 Å². The predicted molar refractivity (Wildman–Crippen MR) is 54.5 cm³/mol. The summed E-state index contributed by atoms with van der Waals surface area (Å²) < 4.78 is 0. The summed E-state index contributed by atoms with van der Waals surface area (Å²) in [5, 5.41) is 4.98. The molecule has 0 aliphatic carbocycles. The van der Waals surface area contributed by atoms with E-state index in [-0.39, 0.29) is 17.7 Å². The van der Waals surface area contributed by atoms with Crippen molar-refractivity contribution < 1.29 is 9.59 Å². The van der Waals surface area contributed by atoms with Crippen LogP contribution in [0.1, 0.15) is 20.8 Å². The van der Waals surface area contributed by atoms with Gasteiger partial charge in [0.25, 0.3) is 0 Å². The minimum absolute atomic E-state index is 0.0619. The molecule has 0 rings (SSSR count). The Balaban J connectivity index is 4.12. The summed E-state index contributed by atoms with van der Waals surface area (Å²) in [6.07, 6.45) is 0. The quantitative estimate of drug-likeness (QED) is 0.558. The molecule has 0 aliphatic heterocycles. The average Bonchev–Trinajstić information content (AvgIpc) is 2.14. The molecule has 0 aliphatic rings. The SMILES string of the molecule is CNC(=O)[C@H](C)NC(=O)C(N)C(C)C. The van der Waals surface area contributed by atoms with E-state index < -0.39 is 12.1 Å². The van der Waals surface area contributed by atoms with Gasteiger partial charge in [-0.2, -0.15) is 0 Å². The van der Waals surface area contributed by atoms with Crippen molar-refractivity contribution >= 4 is 11.8 Å². The summed E-state index contributed by atoms with van der Waals surface area (Å²) in [6.45, 7) is 5.33. The number of nitrogens with one attached hydrogen (secondary N) is 2. The van der Waals surface area contributed by atoms with Gasteiger partial charge in [0.2, 0.25) is 11.8 Å². The third-order valence-corrected chi connectivity index (χ3v) is 2.02. The van der Waals surface area contributed by atoms with Crippen molar-refractivity contribution in [2.24, 2.45) is 11.7 Å². The first-order valence-corrected chi connectivity index (χ1v) is 4.67. The molecule has 0 aromatic heterocycles. The second-order valence-electron chi connectivity index (χ2n) is 3.61. The molecule has 0 heterocycles. The summed E-state index contributed by atoms with van der Waals surface area (Å²) in [4.78, 5) is 22.5. The Hall–Kier alpha value is -1.10. The summed E-state index contributed by atoms with van der Waals surface area (Å²) in [5.41, 5.74) is 5.61. The zero-order valence-electron chi connectivity index (χ0n) is 9.13. The monoisotopic (exact) mass is 201 g/mol. The molecule has 0 fully saturated rings. The van der Waals surface area contributed by atoms with E-state index in [2.05, 4.69) is 10.6 Å². The Morgan fingerprint density at radius 3 is 2.00 bits per heavy atom. The highest BCUT2D eigenvalue weighted by Gasteiger charge is 2.21. The molecule has 5 heteroatoms. The molecular formula is C9H19N3O2. The van der Waals surface area contributed by atoms with E-state index in [0.717, 1.165) is 0 Å². The average molecular weight is 201 g/mol. The summed E-state index contributed by atoms with van der Waals surface area (Å²) >= 11 is 0. The number of nitrogens with two attached hydrogens (primary N) is 1. The van der Waals surface area contributed by atoms with E-state index in [0.29, 0.717) is 0 Å². The standard InChI is InChI=1S/C9H19N3O2/c1-5(2)7(10)9(14)12-6(3)8(13)11-4/h5-7H,10H2,1-4H3,(H,11,13)(H,12,14)/t6-,7?/m0/s1. The number of carbonyl (C=O) groups is 2. The van der Waals surface area contributed by atoms with E-state index in [4.69, 9.17) is 5.73 Å². The highest BCUT2D eigenvalue weighted by molar-refractivity contribution is 5.89. The number of rotatable bonds is 4. The van der Waals surface area contributed by atoms with Gasteiger partial charge in [-0.15, -0.1) is 0 Å². The Bertz CT molecular complexity index is 216. The van der Waals surface area contributed by atoms with Gasteiger partial charge in [0.15, 0.2) is 0 Å². The Morgan fingerprint density at radius 1 is 1.14 bits per heavy atom. The zero-order chi connectivity index (χ0) is 11.3. The van der Waals surface area contributed by atoms with E-state index >= 15 is 0 Å². The first-order valence-electron chi connectivity index (χ1n) is 4.67. The summed E-state index contributed by atoms with van der Waals surface area (Å²) in [6, 6.07) is -1.11. The van der Waals surface area contributed by atoms with Gasteiger partial charge in [0.05, 0.1) is 6.04 Å². The maximum absolute atomic E-state index is 11.4. The van der Waals surface area contributed by atoms with Crippen LogP contribution < -0.4 is 16.4 Å². The van der Waals surface area contributed by atoms with Crippen molar-refractivity contribution in [1.29, 1.82) is 0 Å². The molecule has 4 N–H and O–H groups in total. The van der Waals surface area contributed by atoms with Crippen LogP contribution in [0.15, 0.2) is 0 Å². The fourth-order valence-corrected chi connectivity index (χ4v) is 0.894. The van der Waals surface area contributed by atoms with E-state index in [1.54, 1.807) is 6.92 Å². The van der Waals surface area contributed by atoms with Crippen LogP contribution >= 0.6 is 0 Å². The molecule has 0 bridgehead atoms. The van der Waals surface area contributed by atoms with Crippen LogP contribution in [0.5, 0.6) is 0 Å². The van der Waals surface area contributed by atoms with Crippen LogP contribution in [0.25, 0.3) is 0 Å². The van der Waals surface area contributed by atoms with Gasteiger partial charge < -0.3 is 16.4 Å². The van der Waals surface area contributed by atoms with Crippen molar-refractivity contribution in [1.82, 2.24) is 10.6 Å². The molecule has 0 spiro atoms. The Kier molecular flexibility index (Phi) is 5.15. The first kappa shape index (κ1) is 12.9. The van der Waals surface area contributed by atoms with Gasteiger partial charge in [0, 0.05) is 7.05 Å². The summed E-state index contributed by atoms with van der Waals surface area (Å²) in [7, 11) is 1.52. The highest BCUT2D eigenvalue weighted by Crippen LogP contribution is 1.98. The third kappa shape index (κ3) is 3.74. The number of likely N-dealkylation sites (N-methyl/N-ethyl adjacent to an activating group) is 1. The predicted octanol–water partition coefficient (Wildman–Crippen LogP) is -0.780. The van der Waals surface area contributed by atoms with Crippen LogP contribution in [0.2, 0.25) is 0 Å². The van der Waals surface area contributed by atoms with Crippen molar-refractivity contribution in [2.45, 2.75) is 32.9 Å². The molecule has 0 aromatic carbocycles. The molecule has 5 nitrogen and oxygen atoms in total. The second-order valence-corrected chi connectivity index (χ2v) is 3.61. The van der Waals surface area contributed by atoms with Crippen molar-refractivity contribution in [3.05, 3.63) is 0 Å². The highest BCUT2D eigenvalue weighted by atomic mass is 16.2. The van der Waals surface area contributed by atoms with Crippen LogP contribution in [0.4, 0.5) is 0 Å². The third-order valence-electron chi connectivity index (χ3n) is 2.02. The van der Waals surface area contributed by atoms with E-state index in [9.17, 15) is 9.59 Å². The van der Waals surface area contributed by atoms with Gasteiger partial charge in [-0.05, 0) is 12.8 Å². The van der Waals surface area contributed by atoms with E-state index in [1.165, 1.54) is 7.05 Å². The zero-order valence-corrected chi connectivity index (χ0v) is 9.13. The Labute approximate surface area is 84.4 Å². The normalized spacial score (nSPS) is 14.7. The minimum atomic E-state index is -0.567. The maximum atomic E-state index is 11.4. The molecule has 2 atom stereocenters. The Morgan fingerprint density at radius 2 is 1.64 bits per heavy atom. The molecule has 0 aromatic rings. The molecule has 1 unspecified atom stereocenters. The molecule has 0 saturated carbocycles. The van der Waals surface area contributed by atoms with Crippen LogP contribution in [0, 0.1) is 5.92 Å².